The van der Waals surface area contributed by atoms with Gasteiger partial charge >= 0.3 is 12.0 Å². The van der Waals surface area contributed by atoms with Crippen LogP contribution < -0.4 is 10.4 Å². The van der Waals surface area contributed by atoms with Crippen molar-refractivity contribution in [3.05, 3.63) is 79.1 Å². The molecule has 0 fully saturated rings. The zero-order valence-electron chi connectivity index (χ0n) is 14.1. The quantitative estimate of drug-likeness (QED) is 0.719. The van der Waals surface area contributed by atoms with Crippen LogP contribution in [0.2, 0.25) is 0 Å². The highest BCUT2D eigenvalue weighted by Crippen LogP contribution is 2.21. The van der Waals surface area contributed by atoms with Crippen LogP contribution >= 0.6 is 0 Å². The largest absolute Gasteiger partial charge is 0.359 e. The van der Waals surface area contributed by atoms with Crippen LogP contribution in [-0.4, -0.2) is 17.0 Å². The van der Waals surface area contributed by atoms with Crippen molar-refractivity contribution in [1.29, 1.82) is 0 Å². The number of hydroxylamine groups is 1. The second-order valence-electron chi connectivity index (χ2n) is 5.46. The minimum atomic E-state index is -0.586. The van der Waals surface area contributed by atoms with Gasteiger partial charge in [-0.3, -0.25) is 4.98 Å². The maximum absolute atomic E-state index is 12.5. The molecule has 2 aromatic carbocycles. The fourth-order valence-corrected chi connectivity index (χ4v) is 2.37. The Morgan fingerprint density at radius 1 is 0.885 bits per heavy atom. The lowest BCUT2D eigenvalue weighted by atomic mass is 10.1. The number of para-hydroxylation sites is 1. The number of hydrogen-bond acceptors (Lipinski definition) is 4. The van der Waals surface area contributed by atoms with Gasteiger partial charge in [0.25, 0.3) is 0 Å². The van der Waals surface area contributed by atoms with E-state index >= 15 is 0 Å². The first-order valence-electron chi connectivity index (χ1n) is 7.98. The number of amides is 2. The number of aromatic nitrogens is 1. The van der Waals surface area contributed by atoms with Crippen molar-refractivity contribution in [3.8, 4) is 11.1 Å². The van der Waals surface area contributed by atoms with E-state index in [1.54, 1.807) is 48.8 Å². The number of hydrogen-bond donors (Lipinski definition) is 1. The van der Waals surface area contributed by atoms with Crippen LogP contribution in [-0.2, 0) is 9.63 Å². The van der Waals surface area contributed by atoms with E-state index < -0.39 is 12.0 Å². The predicted octanol–water partition coefficient (Wildman–Crippen LogP) is 4.27. The average molecular weight is 347 g/mol. The molecule has 0 saturated heterocycles. The van der Waals surface area contributed by atoms with Gasteiger partial charge in [-0.15, -0.1) is 5.06 Å². The van der Waals surface area contributed by atoms with E-state index in [2.05, 4.69) is 10.3 Å². The van der Waals surface area contributed by atoms with Crippen molar-refractivity contribution in [1.82, 2.24) is 4.98 Å². The minimum absolute atomic E-state index is 0.452. The molecule has 3 rings (SSSR count). The number of carbonyl (C=O) groups is 2. The molecular formula is C20H17N3O3. The fourth-order valence-electron chi connectivity index (χ4n) is 2.37. The van der Waals surface area contributed by atoms with E-state index in [1.807, 2.05) is 30.3 Å². The van der Waals surface area contributed by atoms with E-state index in [0.717, 1.165) is 16.2 Å². The summed E-state index contributed by atoms with van der Waals surface area (Å²) >= 11 is 0. The zero-order valence-corrected chi connectivity index (χ0v) is 14.1. The Morgan fingerprint density at radius 2 is 1.50 bits per heavy atom. The number of pyridine rings is 1. The van der Waals surface area contributed by atoms with Gasteiger partial charge in [-0.05, 0) is 47.5 Å². The molecule has 1 N–H and O–H groups in total. The van der Waals surface area contributed by atoms with Gasteiger partial charge in [0, 0.05) is 25.0 Å². The van der Waals surface area contributed by atoms with Gasteiger partial charge in [0.05, 0.1) is 5.69 Å². The summed E-state index contributed by atoms with van der Waals surface area (Å²) in [6.45, 7) is 1.24. The molecule has 26 heavy (non-hydrogen) atoms. The van der Waals surface area contributed by atoms with E-state index in [9.17, 15) is 9.59 Å². The molecule has 6 nitrogen and oxygen atoms in total. The van der Waals surface area contributed by atoms with Gasteiger partial charge in [0.1, 0.15) is 0 Å². The third kappa shape index (κ3) is 4.24. The summed E-state index contributed by atoms with van der Waals surface area (Å²) in [7, 11) is 0. The first-order valence-corrected chi connectivity index (χ1v) is 7.98. The topological polar surface area (TPSA) is 71.5 Å². The molecular weight excluding hydrogens is 330 g/mol. The molecule has 1 heterocycles. The molecule has 0 saturated carbocycles. The normalized spacial score (nSPS) is 10.0. The van der Waals surface area contributed by atoms with Crippen molar-refractivity contribution < 1.29 is 14.4 Å². The second kappa shape index (κ2) is 7.94. The smallest absolute Gasteiger partial charge is 0.332 e. The van der Waals surface area contributed by atoms with Crippen molar-refractivity contribution in [2.75, 3.05) is 10.4 Å². The SMILES string of the molecule is CC(=O)ON(C(=O)Nc1ccc(-c2ccncc2)cc1)c1ccccc1. The number of carbonyl (C=O) groups excluding carboxylic acids is 2. The lowest BCUT2D eigenvalue weighted by Crippen LogP contribution is -2.36. The number of nitrogens with zero attached hydrogens (tertiary/aromatic N) is 2. The predicted molar refractivity (Wildman–Crippen MR) is 99.4 cm³/mol. The minimum Gasteiger partial charge on any atom is -0.332 e. The van der Waals surface area contributed by atoms with E-state index in [4.69, 9.17) is 4.84 Å². The van der Waals surface area contributed by atoms with Crippen LogP contribution in [0.5, 0.6) is 0 Å². The first-order chi connectivity index (χ1) is 12.6. The lowest BCUT2D eigenvalue weighted by molar-refractivity contribution is -0.141. The first kappa shape index (κ1) is 17.2. The fraction of sp³-hybridized carbons (Fsp3) is 0.0500. The number of urea groups is 1. The van der Waals surface area contributed by atoms with Gasteiger partial charge in [0.2, 0.25) is 0 Å². The Labute approximate surface area is 151 Å². The molecule has 0 unspecified atom stereocenters. The van der Waals surface area contributed by atoms with Gasteiger partial charge in [0.15, 0.2) is 0 Å². The molecule has 0 aliphatic carbocycles. The molecule has 3 aromatic rings. The van der Waals surface area contributed by atoms with Crippen LogP contribution in [0, 0.1) is 0 Å². The van der Waals surface area contributed by atoms with Crippen molar-refractivity contribution in [3.63, 3.8) is 0 Å². The van der Waals surface area contributed by atoms with E-state index in [0.29, 0.717) is 11.4 Å². The standard InChI is InChI=1S/C20H17N3O3/c1-15(24)26-23(19-5-3-2-4-6-19)20(25)22-18-9-7-16(8-10-18)17-11-13-21-14-12-17/h2-14H,1H3,(H,22,25). The lowest BCUT2D eigenvalue weighted by Gasteiger charge is -2.20. The molecule has 0 aliphatic rings. The van der Waals surface area contributed by atoms with Crippen LogP contribution in [0.1, 0.15) is 6.92 Å². The second-order valence-corrected chi connectivity index (χ2v) is 5.46. The Balaban J connectivity index is 1.76. The van der Waals surface area contributed by atoms with Gasteiger partial charge in [-0.2, -0.15) is 0 Å². The number of benzene rings is 2. The Bertz CT molecular complexity index is 881. The van der Waals surface area contributed by atoms with Crippen molar-refractivity contribution >= 4 is 23.4 Å². The average Bonchev–Trinajstić information content (AvgIpc) is 2.68. The highest BCUT2D eigenvalue weighted by molar-refractivity contribution is 6.01. The maximum atomic E-state index is 12.5. The molecule has 6 heteroatoms. The van der Waals surface area contributed by atoms with Crippen LogP contribution in [0.3, 0.4) is 0 Å². The highest BCUT2D eigenvalue weighted by Gasteiger charge is 2.19. The third-order valence-corrected chi connectivity index (χ3v) is 3.54. The molecule has 0 radical (unpaired) electrons. The van der Waals surface area contributed by atoms with E-state index in [1.165, 1.54) is 6.92 Å². The summed E-state index contributed by atoms with van der Waals surface area (Å²) in [5.74, 6) is -0.586. The molecule has 130 valence electrons. The summed E-state index contributed by atoms with van der Waals surface area (Å²) in [6.07, 6.45) is 3.45. The van der Waals surface area contributed by atoms with Crippen LogP contribution in [0.25, 0.3) is 11.1 Å². The summed E-state index contributed by atoms with van der Waals surface area (Å²) < 4.78 is 0. The van der Waals surface area contributed by atoms with Gasteiger partial charge < -0.3 is 10.2 Å². The Morgan fingerprint density at radius 3 is 2.12 bits per heavy atom. The number of anilines is 2. The van der Waals surface area contributed by atoms with Crippen LogP contribution in [0.15, 0.2) is 79.1 Å². The highest BCUT2D eigenvalue weighted by atomic mass is 16.7. The summed E-state index contributed by atoms with van der Waals surface area (Å²) in [6, 6.07) is 19.3. The van der Waals surface area contributed by atoms with Crippen LogP contribution in [0.4, 0.5) is 16.2 Å². The van der Waals surface area contributed by atoms with Gasteiger partial charge in [-0.1, -0.05) is 30.3 Å². The molecule has 0 spiro atoms. The maximum Gasteiger partial charge on any atom is 0.359 e. The summed E-state index contributed by atoms with van der Waals surface area (Å²) in [5, 5.41) is 3.65. The number of nitrogens with one attached hydrogen (secondary N) is 1. The number of rotatable bonds is 3. The molecule has 1 aromatic heterocycles. The Kier molecular flexibility index (Phi) is 5.24. The zero-order chi connectivity index (χ0) is 18.4. The summed E-state index contributed by atoms with van der Waals surface area (Å²) in [4.78, 5) is 32.9. The monoisotopic (exact) mass is 347 g/mol. The van der Waals surface area contributed by atoms with Crippen molar-refractivity contribution in [2.45, 2.75) is 6.92 Å². The molecule has 0 bridgehead atoms. The Hall–Kier alpha value is -3.67. The molecule has 0 aliphatic heterocycles. The van der Waals surface area contributed by atoms with E-state index in [-0.39, 0.29) is 0 Å². The summed E-state index contributed by atoms with van der Waals surface area (Å²) in [5.41, 5.74) is 3.07. The van der Waals surface area contributed by atoms with Gasteiger partial charge in [-0.25, -0.2) is 9.59 Å². The molecule has 2 amide bonds. The third-order valence-electron chi connectivity index (χ3n) is 3.54. The van der Waals surface area contributed by atoms with Crippen molar-refractivity contribution in [2.24, 2.45) is 0 Å². The molecule has 0 atom stereocenters.